The lowest BCUT2D eigenvalue weighted by molar-refractivity contribution is 0.0769. The quantitative estimate of drug-likeness (QED) is 0.822. The molecule has 1 amide bonds. The molecular formula is C15H25N3O. The number of rotatable bonds is 7. The van der Waals surface area contributed by atoms with Gasteiger partial charge in [0.25, 0.3) is 5.91 Å². The first-order valence-electron chi connectivity index (χ1n) is 7.03. The maximum absolute atomic E-state index is 12.3. The summed E-state index contributed by atoms with van der Waals surface area (Å²) in [6.45, 7) is 8.07. The van der Waals surface area contributed by atoms with Gasteiger partial charge in [0.1, 0.15) is 5.69 Å². The van der Waals surface area contributed by atoms with E-state index in [1.54, 1.807) is 11.1 Å². The number of pyridine rings is 1. The summed E-state index contributed by atoms with van der Waals surface area (Å²) in [5.74, 6) is 0.496. The van der Waals surface area contributed by atoms with Crippen molar-refractivity contribution in [2.45, 2.75) is 33.6 Å². The fourth-order valence-electron chi connectivity index (χ4n) is 1.80. The van der Waals surface area contributed by atoms with Crippen LogP contribution in [0.25, 0.3) is 0 Å². The van der Waals surface area contributed by atoms with Gasteiger partial charge in [0.2, 0.25) is 0 Å². The van der Waals surface area contributed by atoms with E-state index in [1.807, 2.05) is 19.2 Å². The summed E-state index contributed by atoms with van der Waals surface area (Å²) in [5.41, 5.74) is 1.46. The molecule has 0 fully saturated rings. The SMILES string of the molecule is CCCNc1ccnc(C(=O)N(C)CC(C)CC)c1. The molecule has 0 aliphatic carbocycles. The van der Waals surface area contributed by atoms with E-state index in [1.165, 1.54) is 0 Å². The van der Waals surface area contributed by atoms with Crippen molar-refractivity contribution in [2.75, 3.05) is 25.5 Å². The molecule has 19 heavy (non-hydrogen) atoms. The predicted molar refractivity (Wildman–Crippen MR) is 79.4 cm³/mol. The van der Waals surface area contributed by atoms with Gasteiger partial charge in [0.05, 0.1) is 0 Å². The second-order valence-electron chi connectivity index (χ2n) is 5.06. The van der Waals surface area contributed by atoms with Gasteiger partial charge < -0.3 is 10.2 Å². The number of hydrogen-bond acceptors (Lipinski definition) is 3. The normalized spacial score (nSPS) is 12.0. The van der Waals surface area contributed by atoms with E-state index in [0.717, 1.165) is 31.6 Å². The molecule has 0 aliphatic rings. The molecule has 0 saturated carbocycles. The fraction of sp³-hybridized carbons (Fsp3) is 0.600. The van der Waals surface area contributed by atoms with Gasteiger partial charge in [0, 0.05) is 32.0 Å². The fourth-order valence-corrected chi connectivity index (χ4v) is 1.80. The number of hydrogen-bond donors (Lipinski definition) is 1. The second-order valence-corrected chi connectivity index (χ2v) is 5.06. The highest BCUT2D eigenvalue weighted by Gasteiger charge is 2.15. The second kappa shape index (κ2) is 7.77. The first-order valence-corrected chi connectivity index (χ1v) is 7.03. The topological polar surface area (TPSA) is 45.2 Å². The van der Waals surface area contributed by atoms with Gasteiger partial charge in [-0.3, -0.25) is 9.78 Å². The lowest BCUT2D eigenvalue weighted by Crippen LogP contribution is -2.31. The molecule has 4 heteroatoms. The van der Waals surface area contributed by atoms with Crippen LogP contribution in [-0.2, 0) is 0 Å². The number of nitrogens with zero attached hydrogens (tertiary/aromatic N) is 2. The number of amides is 1. The first kappa shape index (κ1) is 15.5. The van der Waals surface area contributed by atoms with Crippen molar-refractivity contribution < 1.29 is 4.79 Å². The zero-order valence-corrected chi connectivity index (χ0v) is 12.4. The lowest BCUT2D eigenvalue weighted by atomic mass is 10.1. The molecular weight excluding hydrogens is 238 g/mol. The van der Waals surface area contributed by atoms with Crippen molar-refractivity contribution in [1.29, 1.82) is 0 Å². The standard InChI is InChI=1S/C15H25N3O/c1-5-8-16-13-7-9-17-14(10-13)15(19)18(4)11-12(3)6-2/h7,9-10,12H,5-6,8,11H2,1-4H3,(H,16,17). The third-order valence-electron chi connectivity index (χ3n) is 3.19. The van der Waals surface area contributed by atoms with E-state index < -0.39 is 0 Å². The monoisotopic (exact) mass is 263 g/mol. The van der Waals surface area contributed by atoms with Crippen LogP contribution in [0.15, 0.2) is 18.3 Å². The van der Waals surface area contributed by atoms with Crippen LogP contribution >= 0.6 is 0 Å². The van der Waals surface area contributed by atoms with E-state index in [2.05, 4.69) is 31.1 Å². The molecule has 0 aliphatic heterocycles. The Morgan fingerprint density at radius 1 is 1.47 bits per heavy atom. The Morgan fingerprint density at radius 2 is 2.21 bits per heavy atom. The maximum Gasteiger partial charge on any atom is 0.272 e. The zero-order chi connectivity index (χ0) is 14.3. The van der Waals surface area contributed by atoms with Crippen LogP contribution in [0.5, 0.6) is 0 Å². The van der Waals surface area contributed by atoms with Crippen LogP contribution in [0, 0.1) is 5.92 Å². The van der Waals surface area contributed by atoms with Gasteiger partial charge in [-0.05, 0) is 24.5 Å². The minimum absolute atomic E-state index is 0.0135. The summed E-state index contributed by atoms with van der Waals surface area (Å²) in [6.07, 6.45) is 3.81. The highest BCUT2D eigenvalue weighted by atomic mass is 16.2. The number of nitrogens with one attached hydrogen (secondary N) is 1. The summed E-state index contributed by atoms with van der Waals surface area (Å²) >= 11 is 0. The molecule has 0 aromatic carbocycles. The molecule has 0 bridgehead atoms. The molecule has 0 saturated heterocycles. The molecule has 1 rings (SSSR count). The Labute approximate surface area is 116 Å². The third kappa shape index (κ3) is 4.89. The summed E-state index contributed by atoms with van der Waals surface area (Å²) in [6, 6.07) is 3.71. The number of carbonyl (C=O) groups excluding carboxylic acids is 1. The van der Waals surface area contributed by atoms with E-state index in [4.69, 9.17) is 0 Å². The molecule has 1 N–H and O–H groups in total. The maximum atomic E-state index is 12.3. The summed E-state index contributed by atoms with van der Waals surface area (Å²) in [5, 5.41) is 3.27. The molecule has 0 spiro atoms. The zero-order valence-electron chi connectivity index (χ0n) is 12.4. The van der Waals surface area contributed by atoms with Crippen molar-refractivity contribution in [3.63, 3.8) is 0 Å². The van der Waals surface area contributed by atoms with E-state index >= 15 is 0 Å². The van der Waals surface area contributed by atoms with Crippen molar-refractivity contribution >= 4 is 11.6 Å². The number of aromatic nitrogens is 1. The van der Waals surface area contributed by atoms with Crippen LogP contribution in [0.4, 0.5) is 5.69 Å². The van der Waals surface area contributed by atoms with Gasteiger partial charge in [-0.2, -0.15) is 0 Å². The van der Waals surface area contributed by atoms with Crippen LogP contribution < -0.4 is 5.32 Å². The first-order chi connectivity index (χ1) is 9.08. The van der Waals surface area contributed by atoms with Crippen LogP contribution in [0.2, 0.25) is 0 Å². The Kier molecular flexibility index (Phi) is 6.33. The summed E-state index contributed by atoms with van der Waals surface area (Å²) < 4.78 is 0. The largest absolute Gasteiger partial charge is 0.385 e. The molecule has 1 atom stereocenters. The minimum Gasteiger partial charge on any atom is -0.385 e. The third-order valence-corrected chi connectivity index (χ3v) is 3.19. The Balaban J connectivity index is 2.70. The van der Waals surface area contributed by atoms with E-state index in [9.17, 15) is 4.79 Å². The Bertz CT molecular complexity index is 406. The number of carbonyl (C=O) groups is 1. The van der Waals surface area contributed by atoms with Crippen molar-refractivity contribution in [3.05, 3.63) is 24.0 Å². The molecule has 1 aromatic heterocycles. The van der Waals surface area contributed by atoms with E-state index in [0.29, 0.717) is 11.6 Å². The van der Waals surface area contributed by atoms with Crippen molar-refractivity contribution in [1.82, 2.24) is 9.88 Å². The molecule has 1 unspecified atom stereocenters. The molecule has 4 nitrogen and oxygen atoms in total. The van der Waals surface area contributed by atoms with Gasteiger partial charge in [-0.1, -0.05) is 27.2 Å². The average Bonchev–Trinajstić information content (AvgIpc) is 2.44. The highest BCUT2D eigenvalue weighted by molar-refractivity contribution is 5.92. The molecule has 1 heterocycles. The summed E-state index contributed by atoms with van der Waals surface area (Å²) in [4.78, 5) is 18.2. The van der Waals surface area contributed by atoms with Crippen LogP contribution in [0.3, 0.4) is 0 Å². The van der Waals surface area contributed by atoms with Gasteiger partial charge >= 0.3 is 0 Å². The average molecular weight is 263 g/mol. The van der Waals surface area contributed by atoms with E-state index in [-0.39, 0.29) is 5.91 Å². The highest BCUT2D eigenvalue weighted by Crippen LogP contribution is 2.11. The molecule has 0 radical (unpaired) electrons. The predicted octanol–water partition coefficient (Wildman–Crippen LogP) is 3.02. The Hall–Kier alpha value is -1.58. The van der Waals surface area contributed by atoms with Gasteiger partial charge in [-0.25, -0.2) is 0 Å². The van der Waals surface area contributed by atoms with Crippen molar-refractivity contribution in [3.8, 4) is 0 Å². The Morgan fingerprint density at radius 3 is 2.84 bits per heavy atom. The van der Waals surface area contributed by atoms with Gasteiger partial charge in [0.15, 0.2) is 0 Å². The lowest BCUT2D eigenvalue weighted by Gasteiger charge is -2.20. The minimum atomic E-state index is -0.0135. The van der Waals surface area contributed by atoms with Crippen LogP contribution in [-0.4, -0.2) is 35.9 Å². The van der Waals surface area contributed by atoms with Crippen molar-refractivity contribution in [2.24, 2.45) is 5.92 Å². The summed E-state index contributed by atoms with van der Waals surface area (Å²) in [7, 11) is 1.84. The molecule has 106 valence electrons. The smallest absolute Gasteiger partial charge is 0.272 e. The van der Waals surface area contributed by atoms with Crippen LogP contribution in [0.1, 0.15) is 44.1 Å². The number of anilines is 1. The van der Waals surface area contributed by atoms with Gasteiger partial charge in [-0.15, -0.1) is 0 Å². The molecule has 1 aromatic rings.